The number of nitrogens with one attached hydrogen (secondary N) is 1. The van der Waals surface area contributed by atoms with Crippen molar-refractivity contribution in [3.63, 3.8) is 0 Å². The van der Waals surface area contributed by atoms with Gasteiger partial charge in [-0.2, -0.15) is 0 Å². The molecule has 1 aromatic rings. The molecule has 1 heterocycles. The Morgan fingerprint density at radius 2 is 2.03 bits per heavy atom. The SMILES string of the molecule is CCC1C#CCC(C(O)CCc2ccc(O)c(OCCCC3=CCNC(N)=C3)c2)C(OCCO)CCCC1. The van der Waals surface area contributed by atoms with E-state index in [9.17, 15) is 15.3 Å². The molecular formula is C31H46N2O5. The summed E-state index contributed by atoms with van der Waals surface area (Å²) in [4.78, 5) is 0. The standard InChI is InChI=1S/C31H46N2O5/c1-2-23-7-3-4-11-29(38-20-18-34)26(10-5-8-23)27(35)14-12-25-13-15-28(36)30(21-25)37-19-6-9-24-16-17-33-31(32)22-24/h13,15-16,21-23,26-27,29,33-36H,2-4,6-7,9-12,14,17-20,32H2,1H3. The summed E-state index contributed by atoms with van der Waals surface area (Å²) in [5, 5.41) is 33.9. The van der Waals surface area contributed by atoms with Gasteiger partial charge >= 0.3 is 0 Å². The van der Waals surface area contributed by atoms with Crippen LogP contribution >= 0.6 is 0 Å². The van der Waals surface area contributed by atoms with Crippen molar-refractivity contribution < 1.29 is 24.8 Å². The normalized spacial score (nSPS) is 22.8. The number of phenols is 1. The number of aromatic hydroxyl groups is 1. The number of ether oxygens (including phenoxy) is 2. The summed E-state index contributed by atoms with van der Waals surface area (Å²) >= 11 is 0. The fourth-order valence-corrected chi connectivity index (χ4v) is 5.18. The molecule has 4 unspecified atom stereocenters. The van der Waals surface area contributed by atoms with Crippen molar-refractivity contribution in [2.45, 2.75) is 83.3 Å². The molecule has 0 fully saturated rings. The van der Waals surface area contributed by atoms with E-state index in [1.54, 1.807) is 6.07 Å². The van der Waals surface area contributed by atoms with Crippen LogP contribution in [0.2, 0.25) is 0 Å². The van der Waals surface area contributed by atoms with Crippen LogP contribution in [0.25, 0.3) is 0 Å². The zero-order chi connectivity index (χ0) is 27.2. The lowest BCUT2D eigenvalue weighted by Crippen LogP contribution is -2.35. The highest BCUT2D eigenvalue weighted by Gasteiger charge is 2.29. The Bertz CT molecular complexity index is 980. The molecule has 0 bridgehead atoms. The third kappa shape index (κ3) is 9.90. The summed E-state index contributed by atoms with van der Waals surface area (Å²) in [5.41, 5.74) is 8.01. The van der Waals surface area contributed by atoms with E-state index in [2.05, 4.69) is 30.2 Å². The second-order valence-electron chi connectivity index (χ2n) is 10.3. The molecular weight excluding hydrogens is 480 g/mol. The highest BCUT2D eigenvalue weighted by molar-refractivity contribution is 5.42. The van der Waals surface area contributed by atoms with Crippen LogP contribution in [0.15, 0.2) is 41.7 Å². The maximum atomic E-state index is 11.2. The minimum Gasteiger partial charge on any atom is -0.504 e. The lowest BCUT2D eigenvalue weighted by atomic mass is 9.85. The lowest BCUT2D eigenvalue weighted by Gasteiger charge is -2.30. The molecule has 0 amide bonds. The third-order valence-electron chi connectivity index (χ3n) is 7.45. The average Bonchev–Trinajstić information content (AvgIpc) is 2.92. The number of allylic oxidation sites excluding steroid dienone is 2. The van der Waals surface area contributed by atoms with Crippen molar-refractivity contribution in [1.82, 2.24) is 5.32 Å². The van der Waals surface area contributed by atoms with Crippen LogP contribution in [0, 0.1) is 23.7 Å². The van der Waals surface area contributed by atoms with Gasteiger partial charge in [-0.05, 0) is 74.3 Å². The smallest absolute Gasteiger partial charge is 0.161 e. The largest absolute Gasteiger partial charge is 0.504 e. The van der Waals surface area contributed by atoms with E-state index in [0.29, 0.717) is 43.4 Å². The van der Waals surface area contributed by atoms with Crippen molar-refractivity contribution in [3.8, 4) is 23.3 Å². The van der Waals surface area contributed by atoms with Gasteiger partial charge in [0.25, 0.3) is 0 Å². The van der Waals surface area contributed by atoms with Crippen LogP contribution in [0.5, 0.6) is 11.5 Å². The Hall–Kier alpha value is -2.66. The number of aryl methyl sites for hydroxylation is 1. The minimum atomic E-state index is -0.579. The molecule has 0 spiro atoms. The molecule has 7 heteroatoms. The number of dihydropyridines is 1. The van der Waals surface area contributed by atoms with Crippen LogP contribution in [0.3, 0.4) is 0 Å². The zero-order valence-electron chi connectivity index (χ0n) is 22.8. The van der Waals surface area contributed by atoms with Crippen molar-refractivity contribution in [2.75, 3.05) is 26.4 Å². The van der Waals surface area contributed by atoms with Crippen LogP contribution < -0.4 is 15.8 Å². The second-order valence-corrected chi connectivity index (χ2v) is 10.3. The zero-order valence-corrected chi connectivity index (χ0v) is 22.8. The molecule has 4 atom stereocenters. The van der Waals surface area contributed by atoms with E-state index in [-0.39, 0.29) is 31.0 Å². The topological polar surface area (TPSA) is 117 Å². The van der Waals surface area contributed by atoms with Gasteiger partial charge in [-0.25, -0.2) is 0 Å². The van der Waals surface area contributed by atoms with Crippen LogP contribution in [-0.2, 0) is 11.2 Å². The first-order valence-corrected chi connectivity index (χ1v) is 14.2. The Kier molecular flexibility index (Phi) is 12.8. The van der Waals surface area contributed by atoms with Gasteiger partial charge in [0.15, 0.2) is 11.5 Å². The first kappa shape index (κ1) is 29.9. The molecule has 1 aromatic carbocycles. The molecule has 0 aromatic heterocycles. The van der Waals surface area contributed by atoms with Crippen LogP contribution in [0.1, 0.15) is 70.3 Å². The Morgan fingerprint density at radius 3 is 2.82 bits per heavy atom. The van der Waals surface area contributed by atoms with Crippen LogP contribution in [0.4, 0.5) is 0 Å². The summed E-state index contributed by atoms with van der Waals surface area (Å²) in [6.45, 7) is 3.66. The summed E-state index contributed by atoms with van der Waals surface area (Å²) < 4.78 is 11.9. The van der Waals surface area contributed by atoms with Crippen molar-refractivity contribution in [3.05, 3.63) is 47.3 Å². The van der Waals surface area contributed by atoms with Crippen LogP contribution in [-0.4, -0.2) is 53.9 Å². The highest BCUT2D eigenvalue weighted by Crippen LogP contribution is 2.30. The first-order valence-electron chi connectivity index (χ1n) is 14.2. The van der Waals surface area contributed by atoms with E-state index in [0.717, 1.165) is 57.1 Å². The van der Waals surface area contributed by atoms with E-state index >= 15 is 0 Å². The molecule has 0 saturated carbocycles. The number of rotatable bonds is 13. The quantitative estimate of drug-likeness (QED) is 0.194. The molecule has 1 aliphatic heterocycles. The predicted octanol–water partition coefficient (Wildman–Crippen LogP) is 4.16. The maximum absolute atomic E-state index is 11.2. The molecule has 210 valence electrons. The molecule has 2 aliphatic rings. The number of hydrogen-bond donors (Lipinski definition) is 5. The minimum absolute atomic E-state index is 0.0290. The summed E-state index contributed by atoms with van der Waals surface area (Å²) in [5.74, 6) is 8.33. The number of aliphatic hydroxyl groups excluding tert-OH is 2. The third-order valence-corrected chi connectivity index (χ3v) is 7.45. The molecule has 7 nitrogen and oxygen atoms in total. The molecule has 3 rings (SSSR count). The van der Waals surface area contributed by atoms with Gasteiger partial charge in [-0.1, -0.05) is 37.8 Å². The Labute approximate surface area is 228 Å². The van der Waals surface area contributed by atoms with Gasteiger partial charge in [0.2, 0.25) is 0 Å². The van der Waals surface area contributed by atoms with Gasteiger partial charge < -0.3 is 35.8 Å². The number of aliphatic hydroxyl groups is 2. The van der Waals surface area contributed by atoms with Crippen molar-refractivity contribution >= 4 is 0 Å². The second kappa shape index (κ2) is 16.3. The summed E-state index contributed by atoms with van der Waals surface area (Å²) in [6, 6.07) is 5.40. The maximum Gasteiger partial charge on any atom is 0.161 e. The summed E-state index contributed by atoms with van der Waals surface area (Å²) in [6.07, 6.45) is 12.0. The molecule has 0 radical (unpaired) electrons. The lowest BCUT2D eigenvalue weighted by molar-refractivity contribution is -0.0515. The number of hydrogen-bond acceptors (Lipinski definition) is 7. The van der Waals surface area contributed by atoms with E-state index < -0.39 is 6.10 Å². The Morgan fingerprint density at radius 1 is 1.18 bits per heavy atom. The van der Waals surface area contributed by atoms with Gasteiger partial charge in [0, 0.05) is 24.8 Å². The number of nitrogens with two attached hydrogens (primary N) is 1. The van der Waals surface area contributed by atoms with E-state index in [1.807, 2.05) is 18.2 Å². The molecule has 0 saturated heterocycles. The molecule has 1 aliphatic carbocycles. The molecule has 6 N–H and O–H groups in total. The summed E-state index contributed by atoms with van der Waals surface area (Å²) in [7, 11) is 0. The van der Waals surface area contributed by atoms with E-state index in [1.165, 1.54) is 5.57 Å². The predicted molar refractivity (Wildman–Crippen MR) is 150 cm³/mol. The number of phenolic OH excluding ortho intramolecular Hbond substituents is 1. The average molecular weight is 527 g/mol. The van der Waals surface area contributed by atoms with Gasteiger partial charge in [-0.15, -0.1) is 5.92 Å². The van der Waals surface area contributed by atoms with E-state index in [4.69, 9.17) is 15.2 Å². The fourth-order valence-electron chi connectivity index (χ4n) is 5.18. The number of benzene rings is 1. The Balaban J connectivity index is 1.56. The van der Waals surface area contributed by atoms with Gasteiger partial charge in [0.05, 0.1) is 37.8 Å². The first-order chi connectivity index (χ1) is 18.5. The van der Waals surface area contributed by atoms with Crippen molar-refractivity contribution in [1.29, 1.82) is 0 Å². The monoisotopic (exact) mass is 526 g/mol. The highest BCUT2D eigenvalue weighted by atomic mass is 16.5. The fraction of sp³-hybridized carbons (Fsp3) is 0.613. The van der Waals surface area contributed by atoms with Gasteiger partial charge in [0.1, 0.15) is 0 Å². The van der Waals surface area contributed by atoms with Crippen molar-refractivity contribution in [2.24, 2.45) is 17.6 Å². The molecule has 38 heavy (non-hydrogen) atoms. The van der Waals surface area contributed by atoms with Gasteiger partial charge in [-0.3, -0.25) is 0 Å².